The maximum absolute atomic E-state index is 12.7. The summed E-state index contributed by atoms with van der Waals surface area (Å²) in [4.78, 5) is 17.7. The van der Waals surface area contributed by atoms with Crippen molar-refractivity contribution in [3.8, 4) is 0 Å². The first-order valence-electron chi connectivity index (χ1n) is 10.1. The van der Waals surface area contributed by atoms with E-state index >= 15 is 0 Å². The molecule has 14 nitrogen and oxygen atoms in total. The van der Waals surface area contributed by atoms with Gasteiger partial charge in [0.1, 0.15) is 7.85 Å². The van der Waals surface area contributed by atoms with E-state index < -0.39 is 41.5 Å². The summed E-state index contributed by atoms with van der Waals surface area (Å²) >= 11 is 0. The number of hydrogen-bond donors (Lipinski definition) is 1. The lowest BCUT2D eigenvalue weighted by Crippen LogP contribution is -2.21. The number of hydrogen-bond acceptors (Lipinski definition) is 13. The maximum Gasteiger partial charge on any atom is 0.502 e. The molecule has 0 aromatic carbocycles. The van der Waals surface area contributed by atoms with Gasteiger partial charge < -0.3 is 18.7 Å². The Morgan fingerprint density at radius 1 is 0.939 bits per heavy atom. The van der Waals surface area contributed by atoms with Crippen LogP contribution in [0.5, 0.6) is 0 Å². The van der Waals surface area contributed by atoms with Crippen LogP contribution in [-0.2, 0) is 60.2 Å². The van der Waals surface area contributed by atoms with Crippen LogP contribution in [0.1, 0.15) is 33.1 Å². The molecule has 194 valence electrons. The third kappa shape index (κ3) is 12.7. The molecule has 2 radical (unpaired) electrons. The molecular weight excluding hydrogens is 508 g/mol. The van der Waals surface area contributed by atoms with Gasteiger partial charge in [-0.25, -0.2) is 18.9 Å². The zero-order valence-electron chi connectivity index (χ0n) is 19.1. The number of phosphoric acid groups is 2. The Morgan fingerprint density at radius 3 is 1.97 bits per heavy atom. The molecule has 33 heavy (non-hydrogen) atoms. The highest BCUT2D eigenvalue weighted by atomic mass is 31.2. The molecule has 1 N–H and O–H groups in total. The van der Waals surface area contributed by atoms with Crippen LogP contribution in [0.4, 0.5) is 0 Å². The van der Waals surface area contributed by atoms with Gasteiger partial charge in [-0.05, 0) is 26.2 Å². The van der Waals surface area contributed by atoms with Gasteiger partial charge >= 0.3 is 23.2 Å². The Bertz CT molecular complexity index is 697. The summed E-state index contributed by atoms with van der Waals surface area (Å²) in [6, 6.07) is -0.545. The van der Waals surface area contributed by atoms with Crippen molar-refractivity contribution in [3.63, 3.8) is 0 Å². The van der Waals surface area contributed by atoms with E-state index in [1.54, 1.807) is 13.8 Å². The minimum absolute atomic E-state index is 0.0318. The van der Waals surface area contributed by atoms with E-state index in [0.29, 0.717) is 6.42 Å². The summed E-state index contributed by atoms with van der Waals surface area (Å²) in [5.74, 6) is 0. The van der Waals surface area contributed by atoms with E-state index in [9.17, 15) is 18.6 Å². The van der Waals surface area contributed by atoms with Gasteiger partial charge in [0, 0.05) is 12.2 Å². The molecule has 1 fully saturated rings. The summed E-state index contributed by atoms with van der Waals surface area (Å²) in [6.07, 6.45) is -0.271. The minimum Gasteiger partial charge on any atom is -0.382 e. The summed E-state index contributed by atoms with van der Waals surface area (Å²) in [5, 5.41) is 0. The fourth-order valence-corrected chi connectivity index (χ4v) is 5.62. The van der Waals surface area contributed by atoms with Gasteiger partial charge in [0.25, 0.3) is 0 Å². The van der Waals surface area contributed by atoms with Crippen LogP contribution in [0.25, 0.3) is 0 Å². The highest BCUT2D eigenvalue weighted by Crippen LogP contribution is 2.53. The van der Waals surface area contributed by atoms with Crippen molar-refractivity contribution >= 4 is 31.1 Å². The Balaban J connectivity index is 2.33. The molecule has 0 aromatic heterocycles. The molecule has 0 aliphatic carbocycles. The number of rotatable bonds is 19. The molecule has 1 aliphatic rings. The van der Waals surface area contributed by atoms with Gasteiger partial charge in [-0.1, -0.05) is 6.92 Å². The second-order valence-electron chi connectivity index (χ2n) is 6.62. The average Bonchev–Trinajstić information content (AvgIpc) is 3.03. The van der Waals surface area contributed by atoms with Crippen LogP contribution < -0.4 is 0 Å². The second-order valence-corrected chi connectivity index (χ2v) is 11.9. The van der Waals surface area contributed by atoms with Crippen molar-refractivity contribution in [2.75, 3.05) is 46.8 Å². The smallest absolute Gasteiger partial charge is 0.382 e. The monoisotopic (exact) mass is 540 g/mol. The molecule has 0 saturated carbocycles. The Morgan fingerprint density at radius 2 is 1.48 bits per heavy atom. The van der Waals surface area contributed by atoms with E-state index in [1.807, 2.05) is 0 Å². The summed E-state index contributed by atoms with van der Waals surface area (Å²) in [6.45, 7) is 2.94. The average molecular weight is 540 g/mol. The Hall–Kier alpha value is 0.315. The van der Waals surface area contributed by atoms with Crippen molar-refractivity contribution in [1.29, 1.82) is 0 Å². The van der Waals surface area contributed by atoms with Crippen molar-refractivity contribution < 1.29 is 65.1 Å². The summed E-state index contributed by atoms with van der Waals surface area (Å²) in [5.41, 5.74) is 0. The third-order valence-corrected chi connectivity index (χ3v) is 8.15. The fourth-order valence-electron chi connectivity index (χ4n) is 2.51. The summed E-state index contributed by atoms with van der Waals surface area (Å²) < 4.78 is 76.4. The second kappa shape index (κ2) is 15.4. The third-order valence-electron chi connectivity index (χ3n) is 4.02. The molecule has 0 aromatic rings. The number of phosphoric ester groups is 2. The van der Waals surface area contributed by atoms with Gasteiger partial charge in [-0.15, -0.1) is 9.35 Å². The highest BCUT2D eigenvalue weighted by Gasteiger charge is 2.39. The van der Waals surface area contributed by atoms with Gasteiger partial charge in [-0.3, -0.25) is 18.1 Å². The first kappa shape index (κ1) is 31.3. The van der Waals surface area contributed by atoms with Crippen molar-refractivity contribution in [1.82, 2.24) is 0 Å². The minimum atomic E-state index is -4.30. The standard InChI is InChI=1S/C15H32BO14P3/c1-5-31(17,23-8-6-10-25-32(18,19)29-21-3)24-9-7-11-26-33(20,30-22-4)28-14-12-15(16)27-13(14)2/h13-15H,5-12H2,1-4H3,(H,18,19). The van der Waals surface area contributed by atoms with Crippen molar-refractivity contribution in [2.45, 2.75) is 51.3 Å². The van der Waals surface area contributed by atoms with Crippen LogP contribution in [0, 0.1) is 0 Å². The quantitative estimate of drug-likeness (QED) is 0.0836. The van der Waals surface area contributed by atoms with Gasteiger partial charge in [-0.2, -0.15) is 0 Å². The first-order valence-corrected chi connectivity index (χ1v) is 14.8. The van der Waals surface area contributed by atoms with E-state index in [2.05, 4.69) is 23.6 Å². The van der Waals surface area contributed by atoms with Crippen LogP contribution >= 0.6 is 23.2 Å². The zero-order valence-corrected chi connectivity index (χ0v) is 21.7. The van der Waals surface area contributed by atoms with Crippen LogP contribution in [0.2, 0.25) is 0 Å². The van der Waals surface area contributed by atoms with Gasteiger partial charge in [0.15, 0.2) is 0 Å². The van der Waals surface area contributed by atoms with E-state index in [0.717, 1.165) is 14.2 Å². The van der Waals surface area contributed by atoms with Crippen LogP contribution in [0.3, 0.4) is 0 Å². The van der Waals surface area contributed by atoms with Crippen LogP contribution in [-0.4, -0.2) is 77.8 Å². The van der Waals surface area contributed by atoms with Crippen molar-refractivity contribution in [2.24, 2.45) is 0 Å². The molecule has 18 heteroatoms. The van der Waals surface area contributed by atoms with E-state index in [4.69, 9.17) is 30.7 Å². The first-order chi connectivity index (χ1) is 15.5. The SMILES string of the molecule is [B]C1CC(OP(=O)(OCCCOP(=O)(CC)OCCCOP(=O)(O)OOC)OOC)C(C)O1. The van der Waals surface area contributed by atoms with E-state index in [-0.39, 0.29) is 45.4 Å². The predicted octanol–water partition coefficient (Wildman–Crippen LogP) is 3.10. The predicted molar refractivity (Wildman–Crippen MR) is 114 cm³/mol. The molecule has 6 atom stereocenters. The molecule has 1 heterocycles. The molecule has 6 unspecified atom stereocenters. The molecule has 1 saturated heterocycles. The molecule has 0 spiro atoms. The molecule has 0 amide bonds. The maximum atomic E-state index is 12.7. The topological polar surface area (TPSA) is 164 Å². The molecule has 1 aliphatic heterocycles. The van der Waals surface area contributed by atoms with E-state index in [1.165, 1.54) is 0 Å². The van der Waals surface area contributed by atoms with Crippen LogP contribution in [0.15, 0.2) is 0 Å². The van der Waals surface area contributed by atoms with Gasteiger partial charge in [0.2, 0.25) is 0 Å². The lowest BCUT2D eigenvalue weighted by molar-refractivity contribution is -0.204. The molecule has 0 bridgehead atoms. The molecular formula is C15H32BO14P3. The molecule has 1 rings (SSSR count). The zero-order chi connectivity index (χ0) is 25.0. The van der Waals surface area contributed by atoms with Gasteiger partial charge in [0.05, 0.1) is 52.9 Å². The fraction of sp³-hybridized carbons (Fsp3) is 1.00. The van der Waals surface area contributed by atoms with Crippen molar-refractivity contribution in [3.05, 3.63) is 0 Å². The largest absolute Gasteiger partial charge is 0.502 e. The highest BCUT2D eigenvalue weighted by molar-refractivity contribution is 7.53. The Kier molecular flexibility index (Phi) is 14.7. The Labute approximate surface area is 194 Å². The lowest BCUT2D eigenvalue weighted by Gasteiger charge is -2.21. The summed E-state index contributed by atoms with van der Waals surface area (Å²) in [7, 11) is -3.86. The lowest BCUT2D eigenvalue weighted by atomic mass is 9.96. The number of ether oxygens (including phenoxy) is 1. The normalized spacial score (nSPS) is 26.5.